The number of hydrogen-bond acceptors (Lipinski definition) is 3. The number of aliphatic hydroxyl groups is 2. The Morgan fingerprint density at radius 3 is 1.38 bits per heavy atom. The SMILES string of the molecule is OCC(F)(F)C(F)(F)C(F)(F)COCC(F)(F)C(O)(F)F. The normalized spacial score (nSPS) is 15.4. The van der Waals surface area contributed by atoms with Crippen molar-refractivity contribution in [2.45, 2.75) is 29.8 Å². The number of rotatable bonds is 8. The van der Waals surface area contributed by atoms with Gasteiger partial charge in [0.1, 0.15) is 19.8 Å². The molecule has 0 fully saturated rings. The van der Waals surface area contributed by atoms with Crippen LogP contribution in [0.4, 0.5) is 43.9 Å². The molecule has 0 aliphatic rings. The topological polar surface area (TPSA) is 49.7 Å². The van der Waals surface area contributed by atoms with Crippen molar-refractivity contribution < 1.29 is 58.9 Å². The highest BCUT2D eigenvalue weighted by Gasteiger charge is 2.71. The van der Waals surface area contributed by atoms with Crippen molar-refractivity contribution in [2.75, 3.05) is 19.8 Å². The summed E-state index contributed by atoms with van der Waals surface area (Å²) >= 11 is 0. The average Bonchev–Trinajstić information content (AvgIpc) is 2.26. The van der Waals surface area contributed by atoms with E-state index in [1.165, 1.54) is 0 Å². The number of hydrogen-bond donors (Lipinski definition) is 2. The first kappa shape index (κ1) is 20.2. The Hall–Kier alpha value is -0.820. The maximum absolute atomic E-state index is 12.8. The first-order valence-corrected chi connectivity index (χ1v) is 4.82. The molecule has 0 rings (SSSR count). The van der Waals surface area contributed by atoms with Crippen LogP contribution in [0, 0.1) is 0 Å². The zero-order chi connectivity index (χ0) is 17.3. The Bertz CT molecular complexity index is 351. The van der Waals surface area contributed by atoms with E-state index >= 15 is 0 Å². The van der Waals surface area contributed by atoms with Gasteiger partial charge in [-0.25, -0.2) is 0 Å². The van der Waals surface area contributed by atoms with Gasteiger partial charge in [-0.3, -0.25) is 0 Å². The summed E-state index contributed by atoms with van der Waals surface area (Å²) in [5.74, 6) is -23.0. The molecule has 0 aliphatic carbocycles. The van der Waals surface area contributed by atoms with E-state index in [0.29, 0.717) is 0 Å². The largest absolute Gasteiger partial charge is 0.419 e. The third-order valence-electron chi connectivity index (χ3n) is 2.12. The first-order chi connectivity index (χ1) is 9.02. The third kappa shape index (κ3) is 4.10. The van der Waals surface area contributed by atoms with E-state index in [0.717, 1.165) is 0 Å². The number of alkyl halides is 10. The van der Waals surface area contributed by atoms with Gasteiger partial charge in [-0.2, -0.15) is 43.9 Å². The van der Waals surface area contributed by atoms with Gasteiger partial charge in [0.25, 0.3) is 0 Å². The van der Waals surface area contributed by atoms with Crippen molar-refractivity contribution in [3.05, 3.63) is 0 Å². The summed E-state index contributed by atoms with van der Waals surface area (Å²) in [7, 11) is 0. The molecule has 0 bridgehead atoms. The van der Waals surface area contributed by atoms with E-state index < -0.39 is 49.6 Å². The molecular weight excluding hydrogens is 334 g/mol. The van der Waals surface area contributed by atoms with Crippen LogP contribution in [0.25, 0.3) is 0 Å². The van der Waals surface area contributed by atoms with Crippen LogP contribution in [0.5, 0.6) is 0 Å². The molecule has 0 aromatic heterocycles. The summed E-state index contributed by atoms with van der Waals surface area (Å²) in [5, 5.41) is 15.5. The second kappa shape index (κ2) is 5.76. The van der Waals surface area contributed by atoms with Crippen LogP contribution in [-0.4, -0.2) is 59.8 Å². The molecule has 128 valence electrons. The third-order valence-corrected chi connectivity index (χ3v) is 2.12. The lowest BCUT2D eigenvalue weighted by atomic mass is 10.1. The van der Waals surface area contributed by atoms with Gasteiger partial charge >= 0.3 is 29.8 Å². The predicted molar refractivity (Wildman–Crippen MR) is 44.9 cm³/mol. The minimum absolute atomic E-state index is 2.63. The zero-order valence-electron chi connectivity index (χ0n) is 9.70. The van der Waals surface area contributed by atoms with Crippen LogP contribution in [0.15, 0.2) is 0 Å². The summed E-state index contributed by atoms with van der Waals surface area (Å²) < 4.78 is 127. The van der Waals surface area contributed by atoms with Crippen LogP contribution in [0.3, 0.4) is 0 Å². The van der Waals surface area contributed by atoms with Gasteiger partial charge in [0.05, 0.1) is 0 Å². The molecule has 0 spiro atoms. The molecule has 0 saturated heterocycles. The quantitative estimate of drug-likeness (QED) is 0.665. The molecule has 0 amide bonds. The van der Waals surface area contributed by atoms with Gasteiger partial charge < -0.3 is 14.9 Å². The molecule has 0 radical (unpaired) electrons. The van der Waals surface area contributed by atoms with Gasteiger partial charge in [0.2, 0.25) is 0 Å². The Morgan fingerprint density at radius 2 is 1.05 bits per heavy atom. The lowest BCUT2D eigenvalue weighted by molar-refractivity contribution is -0.350. The van der Waals surface area contributed by atoms with Gasteiger partial charge in [-0.05, 0) is 0 Å². The molecule has 0 aromatic rings. The fraction of sp³-hybridized carbons (Fsp3) is 1.00. The maximum Gasteiger partial charge on any atom is 0.419 e. The molecule has 3 nitrogen and oxygen atoms in total. The lowest BCUT2D eigenvalue weighted by Crippen LogP contribution is -2.58. The highest BCUT2D eigenvalue weighted by Crippen LogP contribution is 2.45. The molecule has 0 heterocycles. The summed E-state index contributed by atoms with van der Waals surface area (Å²) in [6, 6.07) is 0. The molecule has 13 heteroatoms. The molecule has 2 N–H and O–H groups in total. The molecule has 0 saturated carbocycles. The molecule has 0 atom stereocenters. The van der Waals surface area contributed by atoms with Crippen LogP contribution in [-0.2, 0) is 4.74 Å². The number of ether oxygens (including phenoxy) is 1. The van der Waals surface area contributed by atoms with E-state index in [9.17, 15) is 43.9 Å². The van der Waals surface area contributed by atoms with Gasteiger partial charge in [-0.1, -0.05) is 0 Å². The van der Waals surface area contributed by atoms with Crippen molar-refractivity contribution >= 4 is 0 Å². The van der Waals surface area contributed by atoms with Gasteiger partial charge in [0, 0.05) is 0 Å². The average molecular weight is 342 g/mol. The highest BCUT2D eigenvalue weighted by molar-refractivity contribution is 4.96. The second-order valence-electron chi connectivity index (χ2n) is 3.88. The van der Waals surface area contributed by atoms with E-state index in [1.54, 1.807) is 0 Å². The summed E-state index contributed by atoms with van der Waals surface area (Å²) in [6.07, 6.45) is -5.69. The monoisotopic (exact) mass is 342 g/mol. The molecule has 0 unspecified atom stereocenters. The van der Waals surface area contributed by atoms with E-state index in [4.69, 9.17) is 10.2 Å². The van der Waals surface area contributed by atoms with Crippen LogP contribution >= 0.6 is 0 Å². The van der Waals surface area contributed by atoms with E-state index in [-0.39, 0.29) is 0 Å². The minimum atomic E-state index is -6.19. The van der Waals surface area contributed by atoms with E-state index in [1.807, 2.05) is 0 Å². The van der Waals surface area contributed by atoms with Crippen molar-refractivity contribution in [1.82, 2.24) is 0 Å². The molecule has 0 aromatic carbocycles. The van der Waals surface area contributed by atoms with Crippen molar-refractivity contribution in [3.63, 3.8) is 0 Å². The van der Waals surface area contributed by atoms with Crippen molar-refractivity contribution in [2.24, 2.45) is 0 Å². The molecular formula is C8H8F10O3. The standard InChI is InChI=1S/C8H8F10O3/c9-4(10,1-19)7(15,16)5(11,12)2-21-3-6(13,14)8(17,18)20/h19-20H,1-3H2. The van der Waals surface area contributed by atoms with E-state index in [2.05, 4.69) is 4.74 Å². The summed E-state index contributed by atoms with van der Waals surface area (Å²) in [5.41, 5.74) is 0. The summed E-state index contributed by atoms with van der Waals surface area (Å²) in [4.78, 5) is 0. The molecule has 21 heavy (non-hydrogen) atoms. The number of halogens is 10. The van der Waals surface area contributed by atoms with Crippen LogP contribution < -0.4 is 0 Å². The Morgan fingerprint density at radius 1 is 0.667 bits per heavy atom. The Balaban J connectivity index is 4.86. The fourth-order valence-electron chi connectivity index (χ4n) is 0.852. The Kier molecular flexibility index (Phi) is 5.53. The van der Waals surface area contributed by atoms with Gasteiger partial charge in [0.15, 0.2) is 0 Å². The minimum Gasteiger partial charge on any atom is -0.390 e. The highest BCUT2D eigenvalue weighted by atomic mass is 19.3. The Labute approximate surface area is 110 Å². The number of aliphatic hydroxyl groups excluding tert-OH is 1. The van der Waals surface area contributed by atoms with Crippen LogP contribution in [0.2, 0.25) is 0 Å². The van der Waals surface area contributed by atoms with Crippen molar-refractivity contribution in [1.29, 1.82) is 0 Å². The van der Waals surface area contributed by atoms with Crippen molar-refractivity contribution in [3.8, 4) is 0 Å². The zero-order valence-corrected chi connectivity index (χ0v) is 9.70. The predicted octanol–water partition coefficient (Wildman–Crippen LogP) is 2.12. The molecule has 0 aliphatic heterocycles. The smallest absolute Gasteiger partial charge is 0.390 e. The summed E-state index contributed by atoms with van der Waals surface area (Å²) in [6.45, 7) is -8.09. The first-order valence-electron chi connectivity index (χ1n) is 4.82. The lowest BCUT2D eigenvalue weighted by Gasteiger charge is -2.32. The van der Waals surface area contributed by atoms with Crippen LogP contribution in [0.1, 0.15) is 0 Å². The second-order valence-corrected chi connectivity index (χ2v) is 3.88. The fourth-order valence-corrected chi connectivity index (χ4v) is 0.852. The van der Waals surface area contributed by atoms with Gasteiger partial charge in [-0.15, -0.1) is 0 Å². The maximum atomic E-state index is 12.8.